The molecule has 0 aromatic rings. The zero-order chi connectivity index (χ0) is 6.91. The SMILES string of the molecule is CC1(C)OCC([CH]N)O1. The maximum absolute atomic E-state index is 5.30. The zero-order valence-electron chi connectivity index (χ0n) is 5.76. The Balaban J connectivity index is 2.38. The molecule has 0 aromatic carbocycles. The number of nitrogens with two attached hydrogens (primary N) is 1. The molecule has 1 atom stereocenters. The molecule has 1 aliphatic heterocycles. The summed E-state index contributed by atoms with van der Waals surface area (Å²) in [6.45, 7) is 5.82. The quantitative estimate of drug-likeness (QED) is 0.553. The molecule has 1 fully saturated rings. The van der Waals surface area contributed by atoms with Gasteiger partial charge in [-0.05, 0) is 13.8 Å². The highest BCUT2D eigenvalue weighted by Crippen LogP contribution is 2.22. The summed E-state index contributed by atoms with van der Waals surface area (Å²) in [7, 11) is 0. The Morgan fingerprint density at radius 3 is 2.56 bits per heavy atom. The summed E-state index contributed by atoms with van der Waals surface area (Å²) in [5.74, 6) is -0.444. The molecular weight excluding hydrogens is 118 g/mol. The predicted octanol–water partition coefficient (Wildman–Crippen LogP) is 0.258. The highest BCUT2D eigenvalue weighted by atomic mass is 16.7. The molecule has 0 aliphatic carbocycles. The lowest BCUT2D eigenvalue weighted by Crippen LogP contribution is -2.23. The van der Waals surface area contributed by atoms with Crippen LogP contribution < -0.4 is 5.73 Å². The van der Waals surface area contributed by atoms with Crippen LogP contribution in [0.3, 0.4) is 0 Å². The average molecular weight is 130 g/mol. The summed E-state index contributed by atoms with van der Waals surface area (Å²) in [6.07, 6.45) is -0.0278. The van der Waals surface area contributed by atoms with E-state index in [4.69, 9.17) is 15.2 Å². The van der Waals surface area contributed by atoms with Crippen molar-refractivity contribution in [2.75, 3.05) is 6.61 Å². The van der Waals surface area contributed by atoms with Crippen molar-refractivity contribution in [2.24, 2.45) is 5.73 Å². The fourth-order valence-electron chi connectivity index (χ4n) is 0.810. The summed E-state index contributed by atoms with van der Waals surface area (Å²) >= 11 is 0. The van der Waals surface area contributed by atoms with Crippen molar-refractivity contribution >= 4 is 0 Å². The molecule has 1 heterocycles. The van der Waals surface area contributed by atoms with Crippen molar-refractivity contribution in [1.82, 2.24) is 0 Å². The summed E-state index contributed by atoms with van der Waals surface area (Å²) < 4.78 is 10.5. The molecular formula is C6H12NO2. The van der Waals surface area contributed by atoms with Gasteiger partial charge in [-0.2, -0.15) is 0 Å². The monoisotopic (exact) mass is 130 g/mol. The highest BCUT2D eigenvalue weighted by Gasteiger charge is 2.31. The first-order chi connectivity index (χ1) is 4.14. The lowest BCUT2D eigenvalue weighted by atomic mass is 10.4. The molecule has 0 spiro atoms. The van der Waals surface area contributed by atoms with Crippen LogP contribution in [-0.2, 0) is 9.47 Å². The lowest BCUT2D eigenvalue weighted by molar-refractivity contribution is -0.134. The Labute approximate surface area is 55.1 Å². The molecule has 0 amide bonds. The van der Waals surface area contributed by atoms with Gasteiger partial charge in [0, 0.05) is 0 Å². The van der Waals surface area contributed by atoms with Gasteiger partial charge >= 0.3 is 0 Å². The highest BCUT2D eigenvalue weighted by molar-refractivity contribution is 4.78. The van der Waals surface area contributed by atoms with Gasteiger partial charge in [0.25, 0.3) is 0 Å². The maximum Gasteiger partial charge on any atom is 0.163 e. The minimum absolute atomic E-state index is 0.0278. The van der Waals surface area contributed by atoms with Gasteiger partial charge in [-0.3, -0.25) is 0 Å². The second-order valence-corrected chi connectivity index (χ2v) is 2.56. The third-order valence-electron chi connectivity index (χ3n) is 1.25. The topological polar surface area (TPSA) is 44.5 Å². The van der Waals surface area contributed by atoms with E-state index in [1.165, 1.54) is 6.54 Å². The van der Waals surface area contributed by atoms with Crippen LogP contribution in [0.2, 0.25) is 0 Å². The van der Waals surface area contributed by atoms with Gasteiger partial charge in [0.2, 0.25) is 0 Å². The minimum Gasteiger partial charge on any atom is -0.348 e. The van der Waals surface area contributed by atoms with Crippen LogP contribution in [0.15, 0.2) is 0 Å². The van der Waals surface area contributed by atoms with Gasteiger partial charge in [0.05, 0.1) is 13.2 Å². The van der Waals surface area contributed by atoms with Crippen LogP contribution in [0.5, 0.6) is 0 Å². The molecule has 1 saturated heterocycles. The van der Waals surface area contributed by atoms with E-state index in [0.717, 1.165) is 0 Å². The fourth-order valence-corrected chi connectivity index (χ4v) is 0.810. The summed E-state index contributed by atoms with van der Waals surface area (Å²) in [4.78, 5) is 0. The molecule has 0 aromatic heterocycles. The van der Waals surface area contributed by atoms with Crippen molar-refractivity contribution in [2.45, 2.75) is 25.7 Å². The van der Waals surface area contributed by atoms with Gasteiger partial charge in [0.15, 0.2) is 5.79 Å². The first kappa shape index (κ1) is 6.99. The summed E-state index contributed by atoms with van der Waals surface area (Å²) in [6, 6.07) is 0. The van der Waals surface area contributed by atoms with E-state index >= 15 is 0 Å². The molecule has 53 valence electrons. The first-order valence-corrected chi connectivity index (χ1v) is 3.01. The van der Waals surface area contributed by atoms with Gasteiger partial charge in [-0.25, -0.2) is 0 Å². The number of hydrogen-bond donors (Lipinski definition) is 1. The van der Waals surface area contributed by atoms with Crippen molar-refractivity contribution in [3.8, 4) is 0 Å². The Bertz CT molecular complexity index is 103. The fraction of sp³-hybridized carbons (Fsp3) is 0.833. The van der Waals surface area contributed by atoms with E-state index in [0.29, 0.717) is 6.61 Å². The first-order valence-electron chi connectivity index (χ1n) is 3.01. The van der Waals surface area contributed by atoms with E-state index in [9.17, 15) is 0 Å². The lowest BCUT2D eigenvalue weighted by Gasteiger charge is -2.15. The van der Waals surface area contributed by atoms with E-state index in [1.54, 1.807) is 0 Å². The third-order valence-corrected chi connectivity index (χ3v) is 1.25. The molecule has 3 heteroatoms. The molecule has 1 aliphatic rings. The van der Waals surface area contributed by atoms with Gasteiger partial charge in [-0.1, -0.05) is 0 Å². The molecule has 1 rings (SSSR count). The van der Waals surface area contributed by atoms with Crippen LogP contribution in [0.25, 0.3) is 0 Å². The smallest absolute Gasteiger partial charge is 0.163 e. The summed E-state index contributed by atoms with van der Waals surface area (Å²) in [5, 5.41) is 0. The normalized spacial score (nSPS) is 33.0. The Kier molecular flexibility index (Phi) is 1.75. The van der Waals surface area contributed by atoms with E-state index in [2.05, 4.69) is 0 Å². The summed E-state index contributed by atoms with van der Waals surface area (Å²) in [5.41, 5.74) is 5.22. The van der Waals surface area contributed by atoms with E-state index < -0.39 is 5.79 Å². The molecule has 9 heavy (non-hydrogen) atoms. The van der Waals surface area contributed by atoms with Gasteiger partial charge in [0.1, 0.15) is 6.10 Å². The number of ether oxygens (including phenoxy) is 2. The van der Waals surface area contributed by atoms with Crippen LogP contribution in [0.1, 0.15) is 13.8 Å². The second-order valence-electron chi connectivity index (χ2n) is 2.56. The van der Waals surface area contributed by atoms with Crippen LogP contribution >= 0.6 is 0 Å². The molecule has 1 radical (unpaired) electrons. The van der Waals surface area contributed by atoms with Crippen LogP contribution in [-0.4, -0.2) is 18.5 Å². The second kappa shape index (κ2) is 2.25. The van der Waals surface area contributed by atoms with Gasteiger partial charge in [-0.15, -0.1) is 0 Å². The molecule has 2 N–H and O–H groups in total. The third kappa shape index (κ3) is 1.64. The minimum atomic E-state index is -0.444. The Morgan fingerprint density at radius 2 is 2.33 bits per heavy atom. The van der Waals surface area contributed by atoms with Crippen molar-refractivity contribution in [3.05, 3.63) is 6.54 Å². The number of rotatable bonds is 1. The predicted molar refractivity (Wildman–Crippen MR) is 33.4 cm³/mol. The molecule has 0 saturated carbocycles. The zero-order valence-corrected chi connectivity index (χ0v) is 5.76. The van der Waals surface area contributed by atoms with Crippen molar-refractivity contribution < 1.29 is 9.47 Å². The van der Waals surface area contributed by atoms with Crippen LogP contribution in [0.4, 0.5) is 0 Å². The van der Waals surface area contributed by atoms with Gasteiger partial charge < -0.3 is 15.2 Å². The van der Waals surface area contributed by atoms with Crippen molar-refractivity contribution in [1.29, 1.82) is 0 Å². The number of hydrogen-bond acceptors (Lipinski definition) is 3. The van der Waals surface area contributed by atoms with E-state index in [-0.39, 0.29) is 6.10 Å². The van der Waals surface area contributed by atoms with Crippen LogP contribution in [0, 0.1) is 6.54 Å². The molecule has 1 unspecified atom stereocenters. The largest absolute Gasteiger partial charge is 0.348 e. The standard InChI is InChI=1S/C6H12NO2/c1-6(2)8-4-5(3-7)9-6/h3,5H,4,7H2,1-2H3. The molecule has 0 bridgehead atoms. The van der Waals surface area contributed by atoms with Crippen molar-refractivity contribution in [3.63, 3.8) is 0 Å². The Hall–Kier alpha value is -0.120. The average Bonchev–Trinajstić information content (AvgIpc) is 2.10. The molecule has 3 nitrogen and oxygen atoms in total. The Morgan fingerprint density at radius 1 is 1.67 bits per heavy atom. The maximum atomic E-state index is 5.30. The van der Waals surface area contributed by atoms with E-state index in [1.807, 2.05) is 13.8 Å².